The molecule has 0 atom stereocenters. The van der Waals surface area contributed by atoms with Gasteiger partial charge < -0.3 is 18.6 Å². The summed E-state index contributed by atoms with van der Waals surface area (Å²) in [7, 11) is 3.26. The summed E-state index contributed by atoms with van der Waals surface area (Å²) in [6, 6.07) is 17.1. The van der Waals surface area contributed by atoms with Crippen molar-refractivity contribution < 1.29 is 18.6 Å². The minimum Gasteiger partial charge on any atom is -0.493 e. The van der Waals surface area contributed by atoms with Gasteiger partial charge in [-0.25, -0.2) is 4.79 Å². The summed E-state index contributed by atoms with van der Waals surface area (Å²) in [6.45, 7) is 3.83. The zero-order valence-electron chi connectivity index (χ0n) is 19.9. The number of hydrogen-bond donors (Lipinski definition) is 0. The number of methoxy groups -OCH3 is 2. The summed E-state index contributed by atoms with van der Waals surface area (Å²) in [4.78, 5) is 15.2. The highest BCUT2D eigenvalue weighted by Gasteiger charge is 2.24. The molecule has 0 amide bonds. The van der Waals surface area contributed by atoms with Crippen LogP contribution < -0.4 is 19.8 Å². The summed E-state index contributed by atoms with van der Waals surface area (Å²) in [5.74, 6) is 2.17. The lowest BCUT2D eigenvalue weighted by atomic mass is 9.97. The second kappa shape index (κ2) is 9.64. The molecule has 1 aromatic heterocycles. The number of ether oxygens (including phenoxy) is 3. The van der Waals surface area contributed by atoms with Gasteiger partial charge in [-0.15, -0.1) is 0 Å². The second-order valence-electron chi connectivity index (χ2n) is 8.58. The zero-order chi connectivity index (χ0) is 24.5. The molecule has 180 valence electrons. The van der Waals surface area contributed by atoms with Gasteiger partial charge in [-0.05, 0) is 66.4 Å². The van der Waals surface area contributed by atoms with Crippen LogP contribution in [0.5, 0.6) is 17.2 Å². The molecule has 6 nitrogen and oxygen atoms in total. The SMILES string of the molecule is COc1ccc(CCN2COc3ccc4c(C)c(-c5ccc(Cl)cc5)c(=O)oc4c3C2)cc1OC. The van der Waals surface area contributed by atoms with Gasteiger partial charge in [0.1, 0.15) is 18.1 Å². The number of halogens is 1. The predicted octanol–water partition coefficient (Wildman–Crippen LogP) is 5.83. The van der Waals surface area contributed by atoms with E-state index in [1.54, 1.807) is 26.4 Å². The summed E-state index contributed by atoms with van der Waals surface area (Å²) in [5, 5.41) is 1.52. The summed E-state index contributed by atoms with van der Waals surface area (Å²) in [5.41, 5.74) is 4.46. The van der Waals surface area contributed by atoms with E-state index in [0.717, 1.165) is 46.4 Å². The summed E-state index contributed by atoms with van der Waals surface area (Å²) in [6.07, 6.45) is 0.813. The van der Waals surface area contributed by atoms with Crippen molar-refractivity contribution in [2.24, 2.45) is 0 Å². The molecule has 0 radical (unpaired) electrons. The van der Waals surface area contributed by atoms with Crippen LogP contribution in [0.1, 0.15) is 16.7 Å². The van der Waals surface area contributed by atoms with Gasteiger partial charge in [-0.1, -0.05) is 29.8 Å². The maximum Gasteiger partial charge on any atom is 0.344 e. The third-order valence-corrected chi connectivity index (χ3v) is 6.73. The molecule has 1 aliphatic rings. The Labute approximate surface area is 208 Å². The first-order chi connectivity index (χ1) is 17.0. The molecule has 1 aliphatic heterocycles. The highest BCUT2D eigenvalue weighted by molar-refractivity contribution is 6.30. The molecule has 0 saturated carbocycles. The molecule has 0 aliphatic carbocycles. The van der Waals surface area contributed by atoms with Gasteiger partial charge in [0, 0.05) is 23.5 Å². The lowest BCUT2D eigenvalue weighted by Crippen LogP contribution is -2.33. The van der Waals surface area contributed by atoms with E-state index in [1.165, 1.54) is 0 Å². The van der Waals surface area contributed by atoms with Crippen molar-refractivity contribution in [3.63, 3.8) is 0 Å². The van der Waals surface area contributed by atoms with E-state index < -0.39 is 0 Å². The van der Waals surface area contributed by atoms with Gasteiger partial charge in [0.15, 0.2) is 11.5 Å². The van der Waals surface area contributed by atoms with E-state index in [0.29, 0.717) is 40.9 Å². The monoisotopic (exact) mass is 491 g/mol. The third kappa shape index (κ3) is 4.47. The molecule has 0 spiro atoms. The summed E-state index contributed by atoms with van der Waals surface area (Å²) >= 11 is 6.03. The molecule has 3 aromatic carbocycles. The Bertz CT molecular complexity index is 1440. The maximum absolute atomic E-state index is 13.1. The molecule has 0 saturated heterocycles. The Hall–Kier alpha value is -3.48. The fourth-order valence-corrected chi connectivity index (χ4v) is 4.71. The van der Waals surface area contributed by atoms with Gasteiger partial charge >= 0.3 is 5.63 Å². The molecule has 2 heterocycles. The lowest BCUT2D eigenvalue weighted by molar-refractivity contribution is 0.0967. The molecule has 35 heavy (non-hydrogen) atoms. The van der Waals surface area contributed by atoms with Crippen molar-refractivity contribution in [3.8, 4) is 28.4 Å². The van der Waals surface area contributed by atoms with Gasteiger partial charge in [-0.2, -0.15) is 0 Å². The molecule has 7 heteroatoms. The van der Waals surface area contributed by atoms with Crippen LogP contribution in [0.25, 0.3) is 22.1 Å². The normalized spacial score (nSPS) is 13.4. The van der Waals surface area contributed by atoms with Crippen LogP contribution >= 0.6 is 11.6 Å². The van der Waals surface area contributed by atoms with Crippen molar-refractivity contribution in [1.29, 1.82) is 0 Å². The first kappa shape index (κ1) is 23.3. The molecular weight excluding hydrogens is 466 g/mol. The Morgan fingerprint density at radius 2 is 1.77 bits per heavy atom. The molecule has 0 bridgehead atoms. The van der Waals surface area contributed by atoms with Gasteiger partial charge in [-0.3, -0.25) is 4.90 Å². The van der Waals surface area contributed by atoms with Crippen LogP contribution in [-0.2, 0) is 13.0 Å². The number of benzene rings is 3. The molecule has 0 unspecified atom stereocenters. The van der Waals surface area contributed by atoms with E-state index in [1.807, 2.05) is 49.4 Å². The van der Waals surface area contributed by atoms with Crippen molar-refractivity contribution >= 4 is 22.6 Å². The number of hydrogen-bond acceptors (Lipinski definition) is 6. The van der Waals surface area contributed by atoms with Crippen LogP contribution in [0.15, 0.2) is 63.8 Å². The smallest absolute Gasteiger partial charge is 0.344 e. The van der Waals surface area contributed by atoms with Crippen molar-refractivity contribution in [1.82, 2.24) is 4.90 Å². The van der Waals surface area contributed by atoms with Crippen LogP contribution in [0.3, 0.4) is 0 Å². The van der Waals surface area contributed by atoms with Crippen LogP contribution in [0.2, 0.25) is 5.02 Å². The Morgan fingerprint density at radius 1 is 1.00 bits per heavy atom. The minimum absolute atomic E-state index is 0.367. The average Bonchev–Trinajstić information content (AvgIpc) is 2.88. The Balaban J connectivity index is 1.43. The molecule has 0 N–H and O–H groups in total. The molecular formula is C28H26ClNO5. The predicted molar refractivity (Wildman–Crippen MR) is 137 cm³/mol. The van der Waals surface area contributed by atoms with Crippen LogP contribution in [-0.4, -0.2) is 32.4 Å². The Morgan fingerprint density at radius 3 is 2.51 bits per heavy atom. The molecule has 0 fully saturated rings. The number of fused-ring (bicyclic) bond motifs is 3. The van der Waals surface area contributed by atoms with E-state index in [4.69, 9.17) is 30.2 Å². The largest absolute Gasteiger partial charge is 0.493 e. The lowest BCUT2D eigenvalue weighted by Gasteiger charge is -2.29. The standard InChI is InChI=1S/C28H26ClNO5/c1-17-21-9-11-23-22(27(21)35-28(31)26(17)19-5-7-20(29)8-6-19)15-30(16-34-23)13-12-18-4-10-24(32-2)25(14-18)33-3/h4-11,14H,12-13,15-16H2,1-3H3. The van der Waals surface area contributed by atoms with E-state index in [9.17, 15) is 4.79 Å². The van der Waals surface area contributed by atoms with Gasteiger partial charge in [0.05, 0.1) is 25.3 Å². The second-order valence-corrected chi connectivity index (χ2v) is 9.02. The number of aryl methyl sites for hydroxylation is 1. The maximum atomic E-state index is 13.1. The number of nitrogens with zero attached hydrogens (tertiary/aromatic N) is 1. The van der Waals surface area contributed by atoms with Crippen molar-refractivity contribution in [2.75, 3.05) is 27.5 Å². The van der Waals surface area contributed by atoms with Crippen LogP contribution in [0.4, 0.5) is 0 Å². The van der Waals surface area contributed by atoms with E-state index in [2.05, 4.69) is 4.90 Å². The molecule has 4 aromatic rings. The summed E-state index contributed by atoms with van der Waals surface area (Å²) < 4.78 is 22.7. The van der Waals surface area contributed by atoms with E-state index >= 15 is 0 Å². The fourth-order valence-electron chi connectivity index (χ4n) is 4.59. The zero-order valence-corrected chi connectivity index (χ0v) is 20.6. The molecule has 5 rings (SSSR count). The Kier molecular flexibility index (Phi) is 6.41. The highest BCUT2D eigenvalue weighted by Crippen LogP contribution is 2.36. The topological polar surface area (TPSA) is 61.1 Å². The van der Waals surface area contributed by atoms with E-state index in [-0.39, 0.29) is 5.63 Å². The number of rotatable bonds is 6. The quantitative estimate of drug-likeness (QED) is 0.316. The van der Waals surface area contributed by atoms with Gasteiger partial charge in [0.25, 0.3) is 0 Å². The first-order valence-electron chi connectivity index (χ1n) is 11.4. The average molecular weight is 492 g/mol. The van der Waals surface area contributed by atoms with Crippen molar-refractivity contribution in [3.05, 3.63) is 86.7 Å². The fraction of sp³-hybridized carbons (Fsp3) is 0.250. The third-order valence-electron chi connectivity index (χ3n) is 6.48. The van der Waals surface area contributed by atoms with Crippen LogP contribution in [0, 0.1) is 6.92 Å². The minimum atomic E-state index is -0.367. The highest BCUT2D eigenvalue weighted by atomic mass is 35.5. The van der Waals surface area contributed by atoms with Gasteiger partial charge in [0.2, 0.25) is 0 Å². The van der Waals surface area contributed by atoms with Crippen molar-refractivity contribution in [2.45, 2.75) is 19.9 Å². The first-order valence-corrected chi connectivity index (χ1v) is 11.8.